The van der Waals surface area contributed by atoms with Crippen molar-refractivity contribution in [2.45, 2.75) is 25.7 Å². The summed E-state index contributed by atoms with van der Waals surface area (Å²) < 4.78 is 18.1. The Kier molecular flexibility index (Phi) is 5.45. The maximum atomic E-state index is 12.9. The minimum absolute atomic E-state index is 0.0561. The lowest BCUT2D eigenvalue weighted by Crippen LogP contribution is -2.39. The Hall–Kier alpha value is -3.88. The Morgan fingerprint density at radius 1 is 1.18 bits per heavy atom. The van der Waals surface area contributed by atoms with E-state index in [2.05, 4.69) is 4.98 Å². The maximum Gasteiger partial charge on any atom is 0.291 e. The van der Waals surface area contributed by atoms with Gasteiger partial charge in [-0.15, -0.1) is 0 Å². The van der Waals surface area contributed by atoms with E-state index in [9.17, 15) is 4.79 Å². The third-order valence-electron chi connectivity index (χ3n) is 6.07. The Bertz CT molecular complexity index is 1310. The van der Waals surface area contributed by atoms with E-state index < -0.39 is 0 Å². The van der Waals surface area contributed by atoms with Crippen LogP contribution < -0.4 is 9.47 Å². The van der Waals surface area contributed by atoms with Gasteiger partial charge in [-0.25, -0.2) is 14.5 Å². The summed E-state index contributed by atoms with van der Waals surface area (Å²) in [5, 5.41) is 4.75. The van der Waals surface area contributed by atoms with Crippen LogP contribution in [-0.4, -0.2) is 57.7 Å². The second kappa shape index (κ2) is 8.57. The van der Waals surface area contributed by atoms with Gasteiger partial charge in [-0.05, 0) is 38.0 Å². The molecule has 33 heavy (non-hydrogen) atoms. The minimum Gasteiger partial charge on any atom is -0.493 e. The number of hydrogen-bond donors (Lipinski definition) is 0. The summed E-state index contributed by atoms with van der Waals surface area (Å²) >= 11 is 0. The lowest BCUT2D eigenvalue weighted by Gasteiger charge is -2.30. The van der Waals surface area contributed by atoms with Crippen molar-refractivity contribution in [3.8, 4) is 22.6 Å². The molecule has 1 aliphatic heterocycles. The molecule has 1 aliphatic rings. The Balaban J connectivity index is 1.42. The second-order valence-corrected chi connectivity index (χ2v) is 8.09. The van der Waals surface area contributed by atoms with Gasteiger partial charge in [0.1, 0.15) is 0 Å². The molecular formula is C24H25N5O4. The predicted molar refractivity (Wildman–Crippen MR) is 121 cm³/mol. The molecule has 4 heterocycles. The molecule has 1 saturated heterocycles. The zero-order valence-electron chi connectivity index (χ0n) is 18.8. The average molecular weight is 447 g/mol. The number of hydrogen-bond acceptors (Lipinski definition) is 7. The van der Waals surface area contributed by atoms with Crippen LogP contribution in [0, 0.1) is 6.92 Å². The standard InChI is InChI=1S/C24H25N5O4/c1-15-21(33-14-25-15)24(30)28-11-5-6-17(12-28)23-26-20-10-9-16(13-29(20)27-23)18-7-4-8-19(31-2)22(18)32-3/h4,7-10,13-14,17H,5-6,11-12H2,1-3H3/t17-/m1/s1. The number of fused-ring (bicyclic) bond motifs is 1. The van der Waals surface area contributed by atoms with E-state index in [0.29, 0.717) is 36.0 Å². The molecule has 0 N–H and O–H groups in total. The smallest absolute Gasteiger partial charge is 0.291 e. The molecule has 4 aromatic rings. The van der Waals surface area contributed by atoms with E-state index >= 15 is 0 Å². The highest BCUT2D eigenvalue weighted by Gasteiger charge is 2.30. The molecule has 1 fully saturated rings. The first kappa shape index (κ1) is 21.0. The minimum atomic E-state index is -0.133. The molecule has 0 radical (unpaired) electrons. The number of carbonyl (C=O) groups excluding carboxylic acids is 1. The highest BCUT2D eigenvalue weighted by Crippen LogP contribution is 2.37. The third kappa shape index (κ3) is 3.79. The van der Waals surface area contributed by atoms with Crippen LogP contribution in [0.25, 0.3) is 16.8 Å². The first-order valence-electron chi connectivity index (χ1n) is 10.9. The van der Waals surface area contributed by atoms with E-state index in [1.54, 1.807) is 30.6 Å². The number of methoxy groups -OCH3 is 2. The van der Waals surface area contributed by atoms with Gasteiger partial charge >= 0.3 is 0 Å². The molecule has 0 bridgehead atoms. The number of aryl methyl sites for hydroxylation is 1. The predicted octanol–water partition coefficient (Wildman–Crippen LogP) is 3.73. The maximum absolute atomic E-state index is 12.9. The molecule has 3 aromatic heterocycles. The van der Waals surface area contributed by atoms with E-state index in [1.807, 2.05) is 36.5 Å². The summed E-state index contributed by atoms with van der Waals surface area (Å²) in [6, 6.07) is 9.71. The molecule has 1 amide bonds. The van der Waals surface area contributed by atoms with Crippen molar-refractivity contribution >= 4 is 11.6 Å². The number of para-hydroxylation sites is 1. The lowest BCUT2D eigenvalue weighted by molar-refractivity contribution is 0.0671. The number of nitrogens with zero attached hydrogens (tertiary/aromatic N) is 5. The van der Waals surface area contributed by atoms with Crippen molar-refractivity contribution in [3.63, 3.8) is 0 Å². The molecule has 0 aliphatic carbocycles. The van der Waals surface area contributed by atoms with Gasteiger partial charge in [-0.2, -0.15) is 5.10 Å². The van der Waals surface area contributed by atoms with Crippen molar-refractivity contribution < 1.29 is 18.7 Å². The highest BCUT2D eigenvalue weighted by molar-refractivity contribution is 5.92. The number of pyridine rings is 1. The van der Waals surface area contributed by atoms with Crippen molar-refractivity contribution in [3.05, 3.63) is 60.2 Å². The largest absolute Gasteiger partial charge is 0.493 e. The fourth-order valence-corrected chi connectivity index (χ4v) is 4.37. The number of likely N-dealkylation sites (tertiary alicyclic amines) is 1. The molecule has 170 valence electrons. The van der Waals surface area contributed by atoms with Crippen molar-refractivity contribution in [2.75, 3.05) is 27.3 Å². The van der Waals surface area contributed by atoms with Gasteiger partial charge in [0.2, 0.25) is 5.76 Å². The van der Waals surface area contributed by atoms with Gasteiger partial charge in [0.25, 0.3) is 5.91 Å². The zero-order valence-corrected chi connectivity index (χ0v) is 18.8. The summed E-state index contributed by atoms with van der Waals surface area (Å²) in [4.78, 5) is 23.5. The van der Waals surface area contributed by atoms with Gasteiger partial charge in [-0.1, -0.05) is 12.1 Å². The van der Waals surface area contributed by atoms with Crippen LogP contribution in [-0.2, 0) is 0 Å². The van der Waals surface area contributed by atoms with E-state index in [4.69, 9.17) is 24.0 Å². The van der Waals surface area contributed by atoms with Crippen LogP contribution in [0.3, 0.4) is 0 Å². The lowest BCUT2D eigenvalue weighted by atomic mass is 9.97. The number of amides is 1. The van der Waals surface area contributed by atoms with Gasteiger partial charge < -0.3 is 18.8 Å². The molecule has 1 aromatic carbocycles. The SMILES string of the molecule is COc1cccc(-c2ccc3nc([C@@H]4CCCN(C(=O)c5ocnc5C)C4)nn3c2)c1OC. The number of ether oxygens (including phenoxy) is 2. The summed E-state index contributed by atoms with van der Waals surface area (Å²) in [6.45, 7) is 3.01. The second-order valence-electron chi connectivity index (χ2n) is 8.09. The molecule has 0 unspecified atom stereocenters. The number of aromatic nitrogens is 4. The number of carbonyl (C=O) groups is 1. The monoisotopic (exact) mass is 447 g/mol. The molecule has 5 rings (SSSR count). The Labute approximate surface area is 191 Å². The summed E-state index contributed by atoms with van der Waals surface area (Å²) in [5.74, 6) is 2.30. The topological polar surface area (TPSA) is 95.0 Å². The van der Waals surface area contributed by atoms with Gasteiger partial charge in [0.15, 0.2) is 29.4 Å². The molecule has 9 heteroatoms. The summed E-state index contributed by atoms with van der Waals surface area (Å²) in [7, 11) is 3.25. The first-order valence-corrected chi connectivity index (χ1v) is 10.9. The number of piperidine rings is 1. The molecule has 0 spiro atoms. The molecule has 1 atom stereocenters. The fraction of sp³-hybridized carbons (Fsp3) is 0.333. The van der Waals surface area contributed by atoms with Crippen molar-refractivity contribution in [2.24, 2.45) is 0 Å². The Morgan fingerprint density at radius 3 is 2.82 bits per heavy atom. The van der Waals surface area contributed by atoms with Crippen molar-refractivity contribution in [1.29, 1.82) is 0 Å². The first-order chi connectivity index (χ1) is 16.1. The fourth-order valence-electron chi connectivity index (χ4n) is 4.37. The summed E-state index contributed by atoms with van der Waals surface area (Å²) in [6.07, 6.45) is 5.05. The number of rotatable bonds is 5. The van der Waals surface area contributed by atoms with Crippen LogP contribution in [0.1, 0.15) is 40.8 Å². The third-order valence-corrected chi connectivity index (χ3v) is 6.07. The van der Waals surface area contributed by atoms with E-state index in [1.165, 1.54) is 6.39 Å². The van der Waals surface area contributed by atoms with Crippen LogP contribution in [0.2, 0.25) is 0 Å². The van der Waals surface area contributed by atoms with Crippen LogP contribution in [0.5, 0.6) is 11.5 Å². The van der Waals surface area contributed by atoms with Crippen LogP contribution in [0.4, 0.5) is 0 Å². The van der Waals surface area contributed by atoms with Gasteiger partial charge in [0.05, 0.1) is 19.9 Å². The quantitative estimate of drug-likeness (QED) is 0.460. The van der Waals surface area contributed by atoms with E-state index in [0.717, 1.165) is 35.4 Å². The average Bonchev–Trinajstić information content (AvgIpc) is 3.48. The Morgan fingerprint density at radius 2 is 2.06 bits per heavy atom. The van der Waals surface area contributed by atoms with Gasteiger partial charge in [0, 0.05) is 36.3 Å². The number of oxazole rings is 1. The number of benzene rings is 1. The molecule has 9 nitrogen and oxygen atoms in total. The highest BCUT2D eigenvalue weighted by atomic mass is 16.5. The molecule has 0 saturated carbocycles. The zero-order chi connectivity index (χ0) is 22.9. The van der Waals surface area contributed by atoms with Crippen LogP contribution in [0.15, 0.2) is 47.3 Å². The van der Waals surface area contributed by atoms with Crippen molar-refractivity contribution in [1.82, 2.24) is 24.5 Å². The van der Waals surface area contributed by atoms with Crippen LogP contribution >= 0.6 is 0 Å². The normalized spacial score (nSPS) is 16.2. The summed E-state index contributed by atoms with van der Waals surface area (Å²) in [5.41, 5.74) is 3.21. The van der Waals surface area contributed by atoms with E-state index in [-0.39, 0.29) is 11.8 Å². The van der Waals surface area contributed by atoms with Gasteiger partial charge in [-0.3, -0.25) is 4.79 Å². The molecular weight excluding hydrogens is 422 g/mol.